The van der Waals surface area contributed by atoms with Crippen molar-refractivity contribution in [3.63, 3.8) is 0 Å². The van der Waals surface area contributed by atoms with Gasteiger partial charge < -0.3 is 4.90 Å². The van der Waals surface area contributed by atoms with Crippen LogP contribution in [0.2, 0.25) is 0 Å². The Morgan fingerprint density at radius 3 is 2.35 bits per heavy atom. The maximum Gasteiger partial charge on any atom is 0.273 e. The number of halogens is 1. The van der Waals surface area contributed by atoms with E-state index in [9.17, 15) is 9.18 Å². The Kier molecular flexibility index (Phi) is 3.87. The summed E-state index contributed by atoms with van der Waals surface area (Å²) in [4.78, 5) is 14.8. The summed E-state index contributed by atoms with van der Waals surface area (Å²) in [6, 6.07) is 14.1. The second-order valence-corrected chi connectivity index (χ2v) is 6.99. The van der Waals surface area contributed by atoms with Gasteiger partial charge in [-0.1, -0.05) is 42.0 Å². The molecule has 0 radical (unpaired) electrons. The van der Waals surface area contributed by atoms with Gasteiger partial charge in [0.15, 0.2) is 0 Å². The minimum atomic E-state index is -0.291. The Bertz CT molecular complexity index is 958. The maximum absolute atomic E-state index is 13.4. The number of carbonyl (C=O) groups is 1. The molecule has 2 heterocycles. The molecule has 0 saturated heterocycles. The number of aromatic amines is 1. The topological polar surface area (TPSA) is 49.0 Å². The summed E-state index contributed by atoms with van der Waals surface area (Å²) < 4.78 is 13.4. The summed E-state index contributed by atoms with van der Waals surface area (Å²) in [5, 5.41) is 7.36. The van der Waals surface area contributed by atoms with Crippen molar-refractivity contribution in [1.29, 1.82) is 0 Å². The highest BCUT2D eigenvalue weighted by molar-refractivity contribution is 6.00. The summed E-state index contributed by atoms with van der Waals surface area (Å²) in [5.41, 5.74) is 5.14. The van der Waals surface area contributed by atoms with Gasteiger partial charge in [0.1, 0.15) is 11.5 Å². The van der Waals surface area contributed by atoms with Gasteiger partial charge in [0.2, 0.25) is 0 Å². The number of nitrogens with one attached hydrogen (secondary N) is 1. The molecule has 132 valence electrons. The summed E-state index contributed by atoms with van der Waals surface area (Å²) in [7, 11) is 0. The van der Waals surface area contributed by atoms with Crippen molar-refractivity contribution in [2.45, 2.75) is 32.9 Å². The lowest BCUT2D eigenvalue weighted by Crippen LogP contribution is -2.35. The number of amides is 1. The van der Waals surface area contributed by atoms with E-state index in [-0.39, 0.29) is 23.8 Å². The average molecular weight is 349 g/mol. The molecule has 0 saturated carbocycles. The molecular formula is C21H20FN3O. The Labute approximate surface area is 151 Å². The zero-order valence-corrected chi connectivity index (χ0v) is 15.0. The van der Waals surface area contributed by atoms with Crippen molar-refractivity contribution in [3.05, 3.63) is 76.7 Å². The van der Waals surface area contributed by atoms with E-state index in [2.05, 4.69) is 10.2 Å². The third kappa shape index (κ3) is 2.51. The summed E-state index contributed by atoms with van der Waals surface area (Å²) in [5.74, 6) is -0.365. The predicted octanol–water partition coefficient (Wildman–Crippen LogP) is 4.48. The third-order valence-corrected chi connectivity index (χ3v) is 4.87. The number of rotatable bonds is 3. The molecule has 0 spiro atoms. The number of hydrogen-bond acceptors (Lipinski definition) is 2. The minimum absolute atomic E-state index is 0.00391. The number of nitrogens with zero attached hydrogens (tertiary/aromatic N) is 2. The number of hydrogen-bond donors (Lipinski definition) is 1. The van der Waals surface area contributed by atoms with Crippen LogP contribution >= 0.6 is 0 Å². The fourth-order valence-corrected chi connectivity index (χ4v) is 3.60. The van der Waals surface area contributed by atoms with Gasteiger partial charge in [-0.2, -0.15) is 5.10 Å². The van der Waals surface area contributed by atoms with Crippen molar-refractivity contribution in [1.82, 2.24) is 15.1 Å². The highest BCUT2D eigenvalue weighted by Gasteiger charge is 2.43. The standard InChI is InChI=1S/C21H20FN3O/c1-12(2)25-20(15-8-10-16(22)11-9-15)17-18(23-24-19(17)21(25)26)14-6-4-13(3)5-7-14/h4-12,20H,1-3H3,(H,23,24). The summed E-state index contributed by atoms with van der Waals surface area (Å²) in [6.07, 6.45) is 0. The predicted molar refractivity (Wildman–Crippen MR) is 98.3 cm³/mol. The normalized spacial score (nSPS) is 16.4. The first-order valence-electron chi connectivity index (χ1n) is 8.71. The van der Waals surface area contributed by atoms with Crippen LogP contribution in [0.4, 0.5) is 4.39 Å². The molecule has 0 aliphatic carbocycles. The molecule has 4 rings (SSSR count). The first-order valence-corrected chi connectivity index (χ1v) is 8.71. The van der Waals surface area contributed by atoms with Gasteiger partial charge in [0.25, 0.3) is 5.91 Å². The van der Waals surface area contributed by atoms with Crippen molar-refractivity contribution in [3.8, 4) is 11.3 Å². The quantitative estimate of drug-likeness (QED) is 0.758. The van der Waals surface area contributed by atoms with Crippen LogP contribution in [-0.2, 0) is 0 Å². The lowest BCUT2D eigenvalue weighted by Gasteiger charge is -2.29. The van der Waals surface area contributed by atoms with E-state index in [4.69, 9.17) is 0 Å². The average Bonchev–Trinajstić information content (AvgIpc) is 3.16. The molecule has 2 aromatic carbocycles. The zero-order chi connectivity index (χ0) is 18.4. The molecule has 26 heavy (non-hydrogen) atoms. The van der Waals surface area contributed by atoms with Crippen LogP contribution in [0.15, 0.2) is 48.5 Å². The fraction of sp³-hybridized carbons (Fsp3) is 0.238. The molecule has 1 aliphatic heterocycles. The molecule has 5 heteroatoms. The van der Waals surface area contributed by atoms with E-state index in [0.717, 1.165) is 27.9 Å². The number of aromatic nitrogens is 2. The highest BCUT2D eigenvalue weighted by atomic mass is 19.1. The summed E-state index contributed by atoms with van der Waals surface area (Å²) in [6.45, 7) is 6.00. The van der Waals surface area contributed by atoms with E-state index in [1.165, 1.54) is 12.1 Å². The largest absolute Gasteiger partial charge is 0.324 e. The number of aryl methyl sites for hydroxylation is 1. The van der Waals surface area contributed by atoms with Crippen LogP contribution in [0, 0.1) is 12.7 Å². The summed E-state index contributed by atoms with van der Waals surface area (Å²) >= 11 is 0. The monoisotopic (exact) mass is 349 g/mol. The first kappa shape index (κ1) is 16.5. The van der Waals surface area contributed by atoms with Gasteiger partial charge in [-0.25, -0.2) is 4.39 Å². The van der Waals surface area contributed by atoms with E-state index < -0.39 is 0 Å². The van der Waals surface area contributed by atoms with Crippen LogP contribution in [0.5, 0.6) is 0 Å². The van der Waals surface area contributed by atoms with Gasteiger partial charge in [-0.3, -0.25) is 9.89 Å². The van der Waals surface area contributed by atoms with Crippen LogP contribution in [0.25, 0.3) is 11.3 Å². The van der Waals surface area contributed by atoms with Crippen LogP contribution in [0.1, 0.15) is 47.1 Å². The Balaban J connectivity index is 1.90. The fourth-order valence-electron chi connectivity index (χ4n) is 3.60. The Hall–Kier alpha value is -2.95. The second-order valence-electron chi connectivity index (χ2n) is 6.99. The Morgan fingerprint density at radius 2 is 1.73 bits per heavy atom. The first-order chi connectivity index (χ1) is 12.5. The van der Waals surface area contributed by atoms with Crippen molar-refractivity contribution < 1.29 is 9.18 Å². The third-order valence-electron chi connectivity index (χ3n) is 4.87. The molecule has 0 fully saturated rings. The van der Waals surface area contributed by atoms with Gasteiger partial charge in [-0.05, 0) is 38.5 Å². The second kappa shape index (κ2) is 6.09. The van der Waals surface area contributed by atoms with Crippen molar-refractivity contribution >= 4 is 5.91 Å². The number of H-pyrrole nitrogens is 1. The molecule has 1 aliphatic rings. The zero-order valence-electron chi connectivity index (χ0n) is 15.0. The van der Waals surface area contributed by atoms with Gasteiger partial charge >= 0.3 is 0 Å². The van der Waals surface area contributed by atoms with Crippen molar-refractivity contribution in [2.75, 3.05) is 0 Å². The van der Waals surface area contributed by atoms with Gasteiger partial charge in [0.05, 0.1) is 11.7 Å². The van der Waals surface area contributed by atoms with Crippen molar-refractivity contribution in [2.24, 2.45) is 0 Å². The van der Waals surface area contributed by atoms with Gasteiger partial charge in [-0.15, -0.1) is 0 Å². The van der Waals surface area contributed by atoms with Crippen LogP contribution < -0.4 is 0 Å². The van der Waals surface area contributed by atoms with Gasteiger partial charge in [0, 0.05) is 17.2 Å². The molecular weight excluding hydrogens is 329 g/mol. The molecule has 1 amide bonds. The molecule has 1 atom stereocenters. The molecule has 3 aromatic rings. The number of fused-ring (bicyclic) bond motifs is 1. The number of benzene rings is 2. The molecule has 1 aromatic heterocycles. The maximum atomic E-state index is 13.4. The van der Waals surface area contributed by atoms with Crippen LogP contribution in [0.3, 0.4) is 0 Å². The lowest BCUT2D eigenvalue weighted by atomic mass is 9.95. The van der Waals surface area contributed by atoms with E-state index >= 15 is 0 Å². The molecule has 1 unspecified atom stereocenters. The molecule has 1 N–H and O–H groups in total. The lowest BCUT2D eigenvalue weighted by molar-refractivity contribution is 0.0688. The number of carbonyl (C=O) groups excluding carboxylic acids is 1. The highest BCUT2D eigenvalue weighted by Crippen LogP contribution is 2.43. The molecule has 0 bridgehead atoms. The van der Waals surface area contributed by atoms with Crippen LogP contribution in [-0.4, -0.2) is 27.0 Å². The van der Waals surface area contributed by atoms with E-state index in [0.29, 0.717) is 5.69 Å². The SMILES string of the molecule is Cc1ccc(-c2n[nH]c3c2C(c2ccc(F)cc2)N(C(C)C)C3=O)cc1. The minimum Gasteiger partial charge on any atom is -0.324 e. The molecule has 4 nitrogen and oxygen atoms in total. The van der Waals surface area contributed by atoms with E-state index in [1.54, 1.807) is 12.1 Å². The Morgan fingerprint density at radius 1 is 1.08 bits per heavy atom. The van der Waals surface area contributed by atoms with E-state index in [1.807, 2.05) is 49.9 Å². The smallest absolute Gasteiger partial charge is 0.273 e.